The highest BCUT2D eigenvalue weighted by Gasteiger charge is 2.17. The first kappa shape index (κ1) is 12.4. The van der Waals surface area contributed by atoms with E-state index in [0.717, 1.165) is 30.9 Å². The molecule has 19 heavy (non-hydrogen) atoms. The van der Waals surface area contributed by atoms with E-state index >= 15 is 0 Å². The number of benzene rings is 1. The average molecular weight is 257 g/mol. The van der Waals surface area contributed by atoms with E-state index in [2.05, 4.69) is 34.5 Å². The van der Waals surface area contributed by atoms with Crippen LogP contribution in [0.3, 0.4) is 0 Å². The summed E-state index contributed by atoms with van der Waals surface area (Å²) in [6, 6.07) is 8.15. The molecule has 1 saturated heterocycles. The van der Waals surface area contributed by atoms with Gasteiger partial charge in [0.2, 0.25) is 0 Å². The Kier molecular flexibility index (Phi) is 3.60. The van der Waals surface area contributed by atoms with E-state index in [-0.39, 0.29) is 0 Å². The Morgan fingerprint density at radius 1 is 1.42 bits per heavy atom. The van der Waals surface area contributed by atoms with Crippen molar-refractivity contribution < 1.29 is 4.52 Å². The zero-order valence-corrected chi connectivity index (χ0v) is 11.2. The van der Waals surface area contributed by atoms with Gasteiger partial charge in [-0.3, -0.25) is 0 Å². The molecular weight excluding hydrogens is 238 g/mol. The van der Waals surface area contributed by atoms with E-state index < -0.39 is 0 Å². The molecule has 1 atom stereocenters. The van der Waals surface area contributed by atoms with Crippen LogP contribution in [-0.4, -0.2) is 23.2 Å². The number of aromatic nitrogens is 2. The van der Waals surface area contributed by atoms with E-state index in [1.54, 1.807) is 0 Å². The van der Waals surface area contributed by atoms with Crippen LogP contribution in [0.5, 0.6) is 0 Å². The Labute approximate surface area is 113 Å². The van der Waals surface area contributed by atoms with Gasteiger partial charge in [0, 0.05) is 12.0 Å². The normalized spacial score (nSPS) is 19.5. The first-order chi connectivity index (χ1) is 9.31. The lowest BCUT2D eigenvalue weighted by atomic mass is 9.96. The maximum atomic E-state index is 5.37. The van der Waals surface area contributed by atoms with Gasteiger partial charge in [0.05, 0.1) is 0 Å². The number of nitrogens with zero attached hydrogens (tertiary/aromatic N) is 2. The summed E-state index contributed by atoms with van der Waals surface area (Å²) >= 11 is 0. The van der Waals surface area contributed by atoms with Crippen LogP contribution in [0.4, 0.5) is 0 Å². The van der Waals surface area contributed by atoms with E-state index in [0.29, 0.717) is 11.8 Å². The van der Waals surface area contributed by atoms with Crippen LogP contribution in [0.15, 0.2) is 28.8 Å². The summed E-state index contributed by atoms with van der Waals surface area (Å²) < 4.78 is 5.37. The Balaban J connectivity index is 1.72. The van der Waals surface area contributed by atoms with Gasteiger partial charge in [-0.1, -0.05) is 22.9 Å². The minimum Gasteiger partial charge on any atom is -0.334 e. The Bertz CT molecular complexity index is 544. The van der Waals surface area contributed by atoms with Crippen molar-refractivity contribution in [3.63, 3.8) is 0 Å². The van der Waals surface area contributed by atoms with Crippen LogP contribution < -0.4 is 5.32 Å². The third kappa shape index (κ3) is 3.01. The van der Waals surface area contributed by atoms with Gasteiger partial charge < -0.3 is 9.84 Å². The molecule has 0 spiro atoms. The molecule has 0 saturated carbocycles. The van der Waals surface area contributed by atoms with Crippen molar-refractivity contribution in [1.29, 1.82) is 0 Å². The summed E-state index contributed by atoms with van der Waals surface area (Å²) in [5.74, 6) is 2.09. The minimum absolute atomic E-state index is 0.627. The van der Waals surface area contributed by atoms with Crippen molar-refractivity contribution in [2.75, 3.05) is 13.1 Å². The fourth-order valence-corrected chi connectivity index (χ4v) is 2.59. The molecule has 0 amide bonds. The van der Waals surface area contributed by atoms with Crippen molar-refractivity contribution in [2.24, 2.45) is 5.92 Å². The second-order valence-corrected chi connectivity index (χ2v) is 5.30. The van der Waals surface area contributed by atoms with Gasteiger partial charge in [0.25, 0.3) is 5.89 Å². The van der Waals surface area contributed by atoms with Gasteiger partial charge in [-0.2, -0.15) is 4.98 Å². The number of nitrogens with one attached hydrogen (secondary N) is 1. The zero-order chi connectivity index (χ0) is 13.1. The number of aryl methyl sites for hydroxylation is 1. The van der Waals surface area contributed by atoms with E-state index in [9.17, 15) is 0 Å². The number of hydrogen-bond acceptors (Lipinski definition) is 4. The number of piperidine rings is 1. The first-order valence-corrected chi connectivity index (χ1v) is 6.91. The predicted molar refractivity (Wildman–Crippen MR) is 73.8 cm³/mol. The summed E-state index contributed by atoms with van der Waals surface area (Å²) in [6.07, 6.45) is 3.40. The summed E-state index contributed by atoms with van der Waals surface area (Å²) in [5.41, 5.74) is 2.20. The average Bonchev–Trinajstić information content (AvgIpc) is 2.88. The molecule has 2 aromatic rings. The van der Waals surface area contributed by atoms with Crippen molar-refractivity contribution in [2.45, 2.75) is 26.2 Å². The van der Waals surface area contributed by atoms with E-state index in [1.807, 2.05) is 12.1 Å². The topological polar surface area (TPSA) is 51.0 Å². The van der Waals surface area contributed by atoms with Crippen molar-refractivity contribution in [3.05, 3.63) is 35.7 Å². The third-order valence-electron chi connectivity index (χ3n) is 3.60. The van der Waals surface area contributed by atoms with Gasteiger partial charge in [0.15, 0.2) is 5.82 Å². The monoisotopic (exact) mass is 257 g/mol. The van der Waals surface area contributed by atoms with Gasteiger partial charge in [-0.05, 0) is 50.9 Å². The third-order valence-corrected chi connectivity index (χ3v) is 3.60. The summed E-state index contributed by atoms with van der Waals surface area (Å²) in [4.78, 5) is 4.51. The molecule has 0 aliphatic carbocycles. The van der Waals surface area contributed by atoms with Crippen molar-refractivity contribution in [3.8, 4) is 11.5 Å². The summed E-state index contributed by atoms with van der Waals surface area (Å²) in [6.45, 7) is 4.26. The molecule has 3 rings (SSSR count). The second kappa shape index (κ2) is 5.53. The fourth-order valence-electron chi connectivity index (χ4n) is 2.59. The lowest BCUT2D eigenvalue weighted by Gasteiger charge is -2.20. The molecule has 0 bridgehead atoms. The quantitative estimate of drug-likeness (QED) is 0.918. The zero-order valence-electron chi connectivity index (χ0n) is 11.2. The highest BCUT2D eigenvalue weighted by Crippen LogP contribution is 2.20. The summed E-state index contributed by atoms with van der Waals surface area (Å²) in [7, 11) is 0. The Hall–Kier alpha value is -1.68. The van der Waals surface area contributed by atoms with Gasteiger partial charge in [0.1, 0.15) is 0 Å². The smallest absolute Gasteiger partial charge is 0.257 e. The van der Waals surface area contributed by atoms with Gasteiger partial charge in [-0.25, -0.2) is 0 Å². The van der Waals surface area contributed by atoms with Crippen LogP contribution in [-0.2, 0) is 6.42 Å². The maximum Gasteiger partial charge on any atom is 0.257 e. The summed E-state index contributed by atoms with van der Waals surface area (Å²) in [5, 5.41) is 7.52. The molecule has 1 aliphatic heterocycles. The van der Waals surface area contributed by atoms with Crippen LogP contribution in [0.25, 0.3) is 11.5 Å². The standard InChI is InChI=1S/C15H19N3O/c1-11-4-2-6-13(8-11)15-17-14(18-19-15)9-12-5-3-7-16-10-12/h2,4,6,8,12,16H,3,5,7,9-10H2,1H3. The molecule has 4 nitrogen and oxygen atoms in total. The lowest BCUT2D eigenvalue weighted by molar-refractivity contribution is 0.360. The molecule has 100 valence electrons. The maximum absolute atomic E-state index is 5.37. The van der Waals surface area contributed by atoms with Crippen LogP contribution in [0.1, 0.15) is 24.2 Å². The van der Waals surface area contributed by atoms with E-state index in [1.165, 1.54) is 18.4 Å². The molecule has 1 aromatic carbocycles. The lowest BCUT2D eigenvalue weighted by Crippen LogP contribution is -2.31. The molecule has 1 N–H and O–H groups in total. The number of hydrogen-bond donors (Lipinski definition) is 1. The van der Waals surface area contributed by atoms with Crippen LogP contribution in [0.2, 0.25) is 0 Å². The molecule has 1 unspecified atom stereocenters. The SMILES string of the molecule is Cc1cccc(-c2nc(CC3CCCNC3)no2)c1. The molecule has 0 radical (unpaired) electrons. The van der Waals surface area contributed by atoms with Gasteiger partial charge >= 0.3 is 0 Å². The first-order valence-electron chi connectivity index (χ1n) is 6.91. The second-order valence-electron chi connectivity index (χ2n) is 5.30. The molecule has 4 heteroatoms. The minimum atomic E-state index is 0.627. The molecule has 2 heterocycles. The van der Waals surface area contributed by atoms with Gasteiger partial charge in [-0.15, -0.1) is 0 Å². The predicted octanol–water partition coefficient (Wildman–Crippen LogP) is 2.59. The highest BCUT2D eigenvalue weighted by molar-refractivity contribution is 5.53. The Morgan fingerprint density at radius 2 is 2.37 bits per heavy atom. The van der Waals surface area contributed by atoms with E-state index in [4.69, 9.17) is 4.52 Å². The van der Waals surface area contributed by atoms with Crippen molar-refractivity contribution >= 4 is 0 Å². The van der Waals surface area contributed by atoms with Crippen molar-refractivity contribution in [1.82, 2.24) is 15.5 Å². The molecular formula is C15H19N3O. The largest absolute Gasteiger partial charge is 0.334 e. The highest BCUT2D eigenvalue weighted by atomic mass is 16.5. The Morgan fingerprint density at radius 3 is 3.16 bits per heavy atom. The molecule has 1 aliphatic rings. The fraction of sp³-hybridized carbons (Fsp3) is 0.467. The number of rotatable bonds is 3. The molecule has 1 aromatic heterocycles. The van der Waals surface area contributed by atoms with Crippen LogP contribution >= 0.6 is 0 Å². The van der Waals surface area contributed by atoms with Crippen LogP contribution in [0, 0.1) is 12.8 Å². The molecule has 1 fully saturated rings.